The third-order valence-corrected chi connectivity index (χ3v) is 5.46. The lowest BCUT2D eigenvalue weighted by Crippen LogP contribution is -2.39. The summed E-state index contributed by atoms with van der Waals surface area (Å²) < 4.78 is 16.3. The predicted molar refractivity (Wildman–Crippen MR) is 112 cm³/mol. The minimum atomic E-state index is -0.136. The number of likely N-dealkylation sites (tertiary alicyclic amines) is 1. The van der Waals surface area contributed by atoms with Crippen LogP contribution in [-0.4, -0.2) is 48.3 Å². The quantitative estimate of drug-likeness (QED) is 0.599. The van der Waals surface area contributed by atoms with E-state index in [0.717, 1.165) is 18.4 Å². The first-order valence-corrected chi connectivity index (χ1v) is 10.1. The van der Waals surface area contributed by atoms with Crippen molar-refractivity contribution in [1.82, 2.24) is 15.0 Å². The molecule has 0 N–H and O–H groups in total. The molecule has 7 nitrogen and oxygen atoms in total. The van der Waals surface area contributed by atoms with Crippen molar-refractivity contribution in [2.24, 2.45) is 0 Å². The summed E-state index contributed by atoms with van der Waals surface area (Å²) in [6, 6.07) is 12.6. The van der Waals surface area contributed by atoms with Crippen molar-refractivity contribution >= 4 is 17.5 Å². The summed E-state index contributed by atoms with van der Waals surface area (Å²) in [5.74, 6) is 1.81. The molecule has 1 saturated heterocycles. The monoisotopic (exact) mass is 427 g/mol. The zero-order valence-corrected chi connectivity index (χ0v) is 17.6. The second-order valence-corrected chi connectivity index (χ2v) is 7.53. The van der Waals surface area contributed by atoms with Gasteiger partial charge in [-0.05, 0) is 37.1 Å². The van der Waals surface area contributed by atoms with Crippen LogP contribution < -0.4 is 9.47 Å². The molecule has 2 heterocycles. The van der Waals surface area contributed by atoms with Crippen LogP contribution in [0.2, 0.25) is 5.02 Å². The number of piperidine rings is 1. The van der Waals surface area contributed by atoms with Crippen LogP contribution >= 0.6 is 11.6 Å². The fourth-order valence-electron chi connectivity index (χ4n) is 3.73. The molecule has 3 aromatic rings. The van der Waals surface area contributed by atoms with E-state index in [0.29, 0.717) is 46.9 Å². The number of aromatic nitrogens is 2. The van der Waals surface area contributed by atoms with Gasteiger partial charge in [0.15, 0.2) is 0 Å². The molecular formula is C22H22ClN3O4. The lowest BCUT2D eigenvalue weighted by molar-refractivity contribution is 0.0688. The van der Waals surface area contributed by atoms with Crippen molar-refractivity contribution in [3.05, 3.63) is 58.9 Å². The van der Waals surface area contributed by atoms with Crippen LogP contribution in [0.4, 0.5) is 0 Å². The Hall–Kier alpha value is -3.06. The number of nitrogens with zero attached hydrogens (tertiary/aromatic N) is 3. The Bertz CT molecular complexity index is 1030. The van der Waals surface area contributed by atoms with Gasteiger partial charge >= 0.3 is 0 Å². The maximum Gasteiger partial charge on any atom is 0.261 e. The summed E-state index contributed by atoms with van der Waals surface area (Å²) in [5, 5.41) is 4.71. The van der Waals surface area contributed by atoms with Gasteiger partial charge in [0.05, 0.1) is 20.1 Å². The topological polar surface area (TPSA) is 77.7 Å². The van der Waals surface area contributed by atoms with Gasteiger partial charge in [-0.25, -0.2) is 0 Å². The number of methoxy groups -OCH3 is 2. The van der Waals surface area contributed by atoms with Crippen LogP contribution in [0.3, 0.4) is 0 Å². The lowest BCUT2D eigenvalue weighted by Gasteiger charge is -2.31. The van der Waals surface area contributed by atoms with Gasteiger partial charge in [0.25, 0.3) is 5.91 Å². The molecule has 0 spiro atoms. The van der Waals surface area contributed by atoms with E-state index >= 15 is 0 Å². The van der Waals surface area contributed by atoms with Crippen LogP contribution in [0.25, 0.3) is 11.4 Å². The average molecular weight is 428 g/mol. The summed E-state index contributed by atoms with van der Waals surface area (Å²) in [6.45, 7) is 1.13. The van der Waals surface area contributed by atoms with Gasteiger partial charge in [0.1, 0.15) is 17.1 Å². The van der Waals surface area contributed by atoms with Crippen molar-refractivity contribution in [1.29, 1.82) is 0 Å². The Labute approximate surface area is 179 Å². The molecule has 30 heavy (non-hydrogen) atoms. The van der Waals surface area contributed by atoms with Gasteiger partial charge in [-0.15, -0.1) is 0 Å². The Balaban J connectivity index is 1.55. The maximum absolute atomic E-state index is 13.3. The molecule has 0 radical (unpaired) electrons. The third kappa shape index (κ3) is 3.98. The Morgan fingerprint density at radius 1 is 1.17 bits per heavy atom. The first-order valence-electron chi connectivity index (χ1n) is 9.70. The molecule has 1 aliphatic heterocycles. The van der Waals surface area contributed by atoms with Gasteiger partial charge in [-0.1, -0.05) is 35.0 Å². The maximum atomic E-state index is 13.3. The molecule has 1 aliphatic rings. The van der Waals surface area contributed by atoms with Crippen LogP contribution in [0, 0.1) is 0 Å². The number of rotatable bonds is 5. The summed E-state index contributed by atoms with van der Waals surface area (Å²) in [5.41, 5.74) is 1.22. The molecule has 0 bridgehead atoms. The van der Waals surface area contributed by atoms with Gasteiger partial charge in [-0.3, -0.25) is 4.79 Å². The van der Waals surface area contributed by atoms with Crippen molar-refractivity contribution in [2.75, 3.05) is 27.3 Å². The van der Waals surface area contributed by atoms with E-state index in [1.807, 2.05) is 12.1 Å². The number of carbonyl (C=O) groups excluding carboxylic acids is 1. The molecular weight excluding hydrogens is 406 g/mol. The molecule has 1 aromatic heterocycles. The van der Waals surface area contributed by atoms with Gasteiger partial charge in [0.2, 0.25) is 11.7 Å². The van der Waals surface area contributed by atoms with Gasteiger partial charge in [-0.2, -0.15) is 4.98 Å². The van der Waals surface area contributed by atoms with Crippen LogP contribution in [0.5, 0.6) is 11.5 Å². The second kappa shape index (κ2) is 8.75. The molecule has 156 valence electrons. The largest absolute Gasteiger partial charge is 0.496 e. The number of halogens is 1. The molecule has 1 unspecified atom stereocenters. The molecule has 0 saturated carbocycles. The second-order valence-electron chi connectivity index (χ2n) is 7.09. The highest BCUT2D eigenvalue weighted by molar-refractivity contribution is 6.30. The number of carbonyl (C=O) groups is 1. The number of hydrogen-bond donors (Lipinski definition) is 0. The third-order valence-electron chi connectivity index (χ3n) is 5.22. The minimum Gasteiger partial charge on any atom is -0.496 e. The smallest absolute Gasteiger partial charge is 0.261 e. The van der Waals surface area contributed by atoms with Crippen LogP contribution in [0.15, 0.2) is 47.0 Å². The standard InChI is InChI=1S/C22H22ClN3O4/c1-28-17-9-4-10-18(29-2)19(17)22(27)26-11-5-7-15(13-26)21-24-20(25-30-21)14-6-3-8-16(23)12-14/h3-4,6,8-10,12,15H,5,7,11,13H2,1-2H3. The fourth-order valence-corrected chi connectivity index (χ4v) is 3.92. The average Bonchev–Trinajstić information content (AvgIpc) is 3.28. The molecule has 1 amide bonds. The summed E-state index contributed by atoms with van der Waals surface area (Å²) in [7, 11) is 3.08. The summed E-state index contributed by atoms with van der Waals surface area (Å²) >= 11 is 6.06. The molecule has 4 rings (SSSR count). The van der Waals surface area contributed by atoms with Crippen LogP contribution in [-0.2, 0) is 0 Å². The Morgan fingerprint density at radius 2 is 1.90 bits per heavy atom. The molecule has 1 fully saturated rings. The van der Waals surface area contributed by atoms with Crippen molar-refractivity contribution in [3.63, 3.8) is 0 Å². The SMILES string of the molecule is COc1cccc(OC)c1C(=O)N1CCCC(c2nc(-c3cccc(Cl)c3)no2)C1. The molecule has 0 aliphatic carbocycles. The normalized spacial score (nSPS) is 16.4. The Kier molecular flexibility index (Phi) is 5.90. The molecule has 2 aromatic carbocycles. The first kappa shape index (κ1) is 20.2. The number of amides is 1. The fraction of sp³-hybridized carbons (Fsp3) is 0.318. The van der Waals surface area contributed by atoms with E-state index in [1.165, 1.54) is 0 Å². The highest BCUT2D eigenvalue weighted by Crippen LogP contribution is 2.33. The molecule has 8 heteroatoms. The van der Waals surface area contributed by atoms with Crippen molar-refractivity contribution in [3.8, 4) is 22.9 Å². The van der Waals surface area contributed by atoms with E-state index in [2.05, 4.69) is 10.1 Å². The van der Waals surface area contributed by atoms with E-state index < -0.39 is 0 Å². The lowest BCUT2D eigenvalue weighted by atomic mass is 9.97. The minimum absolute atomic E-state index is 0.0381. The predicted octanol–water partition coefficient (Wildman–Crippen LogP) is 4.43. The highest BCUT2D eigenvalue weighted by Gasteiger charge is 2.31. The molecule has 1 atom stereocenters. The number of ether oxygens (including phenoxy) is 2. The van der Waals surface area contributed by atoms with Crippen LogP contribution in [0.1, 0.15) is 35.0 Å². The van der Waals surface area contributed by atoms with Gasteiger partial charge < -0.3 is 18.9 Å². The summed E-state index contributed by atoms with van der Waals surface area (Å²) in [4.78, 5) is 19.6. The number of benzene rings is 2. The van der Waals surface area contributed by atoms with Crippen molar-refractivity contribution in [2.45, 2.75) is 18.8 Å². The van der Waals surface area contributed by atoms with E-state index in [-0.39, 0.29) is 11.8 Å². The van der Waals surface area contributed by atoms with Crippen molar-refractivity contribution < 1.29 is 18.8 Å². The zero-order chi connectivity index (χ0) is 21.1. The first-order chi connectivity index (χ1) is 14.6. The summed E-state index contributed by atoms with van der Waals surface area (Å²) in [6.07, 6.45) is 1.70. The number of hydrogen-bond acceptors (Lipinski definition) is 6. The van der Waals surface area contributed by atoms with E-state index in [4.69, 9.17) is 25.6 Å². The van der Waals surface area contributed by atoms with E-state index in [1.54, 1.807) is 49.5 Å². The Morgan fingerprint density at radius 3 is 2.60 bits per heavy atom. The zero-order valence-electron chi connectivity index (χ0n) is 16.8. The van der Waals surface area contributed by atoms with E-state index in [9.17, 15) is 4.79 Å². The highest BCUT2D eigenvalue weighted by atomic mass is 35.5. The van der Waals surface area contributed by atoms with Gasteiger partial charge in [0, 0.05) is 23.7 Å².